The van der Waals surface area contributed by atoms with E-state index in [1.165, 1.54) is 4.88 Å². The van der Waals surface area contributed by atoms with Crippen molar-refractivity contribution < 1.29 is 4.79 Å². The summed E-state index contributed by atoms with van der Waals surface area (Å²) in [5.41, 5.74) is 0.985. The molecule has 0 fully saturated rings. The molecule has 2 rings (SSSR count). The summed E-state index contributed by atoms with van der Waals surface area (Å²) < 4.78 is 0. The van der Waals surface area contributed by atoms with Gasteiger partial charge in [0.2, 0.25) is 5.91 Å². The van der Waals surface area contributed by atoms with Gasteiger partial charge in [-0.2, -0.15) is 0 Å². The minimum atomic E-state index is 0.0177. The Bertz CT molecular complexity index is 617. The first-order valence-corrected chi connectivity index (χ1v) is 8.59. The maximum atomic E-state index is 11.9. The largest absolute Gasteiger partial charge is 0.355 e. The van der Waals surface area contributed by atoms with Gasteiger partial charge in [-0.3, -0.25) is 9.69 Å². The fourth-order valence-corrected chi connectivity index (χ4v) is 3.37. The number of hydrogen-bond donors (Lipinski definition) is 1. The van der Waals surface area contributed by atoms with Crippen LogP contribution in [0.15, 0.2) is 35.7 Å². The highest BCUT2D eigenvalue weighted by molar-refractivity contribution is 7.09. The fourth-order valence-electron chi connectivity index (χ4n) is 2.09. The number of thiophene rings is 1. The van der Waals surface area contributed by atoms with Crippen molar-refractivity contribution >= 4 is 40.4 Å². The summed E-state index contributed by atoms with van der Waals surface area (Å²) in [5.74, 6) is 0.0177. The summed E-state index contributed by atoms with van der Waals surface area (Å²) in [7, 11) is 1.94. The molecule has 0 spiro atoms. The standard InChI is InChI=1S/C16H18Cl2N2OS/c1-20(10-14-3-2-8-22-14)11-16(21)19-7-6-12-4-5-13(17)9-15(12)18/h2-5,8-9H,6-7,10-11H2,1H3,(H,19,21). The van der Waals surface area contributed by atoms with Crippen molar-refractivity contribution in [2.75, 3.05) is 20.1 Å². The number of likely N-dealkylation sites (N-methyl/N-ethyl adjacent to an activating group) is 1. The molecule has 0 aliphatic heterocycles. The van der Waals surface area contributed by atoms with E-state index in [1.54, 1.807) is 23.5 Å². The van der Waals surface area contributed by atoms with E-state index in [9.17, 15) is 4.79 Å². The molecular formula is C16H18Cl2N2OS. The van der Waals surface area contributed by atoms with Crippen molar-refractivity contribution in [3.05, 3.63) is 56.2 Å². The van der Waals surface area contributed by atoms with Crippen molar-refractivity contribution in [1.82, 2.24) is 10.2 Å². The molecule has 0 aliphatic carbocycles. The SMILES string of the molecule is CN(CC(=O)NCCc1ccc(Cl)cc1Cl)Cc1cccs1. The molecular weight excluding hydrogens is 339 g/mol. The molecule has 0 saturated heterocycles. The van der Waals surface area contributed by atoms with E-state index >= 15 is 0 Å². The zero-order valence-corrected chi connectivity index (χ0v) is 14.6. The number of carbonyl (C=O) groups is 1. The van der Waals surface area contributed by atoms with Gasteiger partial charge in [-0.15, -0.1) is 11.3 Å². The predicted molar refractivity (Wildman–Crippen MR) is 93.8 cm³/mol. The Kier molecular flexibility index (Phi) is 6.70. The van der Waals surface area contributed by atoms with Gasteiger partial charge in [0, 0.05) is 28.0 Å². The van der Waals surface area contributed by atoms with Gasteiger partial charge in [0.1, 0.15) is 0 Å². The van der Waals surface area contributed by atoms with Crippen LogP contribution in [0, 0.1) is 0 Å². The molecule has 118 valence electrons. The molecule has 1 heterocycles. The molecule has 0 atom stereocenters. The zero-order chi connectivity index (χ0) is 15.9. The Hall–Kier alpha value is -1.07. The third kappa shape index (κ3) is 5.61. The highest BCUT2D eigenvalue weighted by Gasteiger charge is 2.08. The minimum absolute atomic E-state index is 0.0177. The molecule has 1 amide bonds. The highest BCUT2D eigenvalue weighted by atomic mass is 35.5. The first kappa shape index (κ1) is 17.3. The van der Waals surface area contributed by atoms with Crippen LogP contribution in [0.5, 0.6) is 0 Å². The van der Waals surface area contributed by atoms with E-state index in [0.717, 1.165) is 12.1 Å². The molecule has 22 heavy (non-hydrogen) atoms. The van der Waals surface area contributed by atoms with Crippen LogP contribution in [0.1, 0.15) is 10.4 Å². The van der Waals surface area contributed by atoms with Gasteiger partial charge in [-0.25, -0.2) is 0 Å². The van der Waals surface area contributed by atoms with Crippen LogP contribution in [0.25, 0.3) is 0 Å². The van der Waals surface area contributed by atoms with Crippen LogP contribution >= 0.6 is 34.5 Å². The summed E-state index contributed by atoms with van der Waals surface area (Å²) in [6.45, 7) is 1.73. The molecule has 2 aromatic rings. The Morgan fingerprint density at radius 2 is 2.14 bits per heavy atom. The topological polar surface area (TPSA) is 32.3 Å². The maximum Gasteiger partial charge on any atom is 0.234 e. The Morgan fingerprint density at radius 3 is 2.82 bits per heavy atom. The smallest absolute Gasteiger partial charge is 0.234 e. The summed E-state index contributed by atoms with van der Waals surface area (Å²) >= 11 is 13.7. The van der Waals surface area contributed by atoms with Crippen LogP contribution in [0.2, 0.25) is 10.0 Å². The normalized spacial score (nSPS) is 10.9. The molecule has 1 N–H and O–H groups in total. The molecule has 6 heteroatoms. The lowest BCUT2D eigenvalue weighted by Gasteiger charge is -2.15. The first-order chi connectivity index (χ1) is 10.5. The second-order valence-electron chi connectivity index (χ2n) is 5.09. The van der Waals surface area contributed by atoms with Gasteiger partial charge in [0.15, 0.2) is 0 Å². The summed E-state index contributed by atoms with van der Waals surface area (Å²) in [6, 6.07) is 9.50. The molecule has 1 aromatic carbocycles. The van der Waals surface area contributed by atoms with Crippen molar-refractivity contribution in [2.24, 2.45) is 0 Å². The molecule has 0 aliphatic rings. The lowest BCUT2D eigenvalue weighted by Crippen LogP contribution is -2.35. The van der Waals surface area contributed by atoms with E-state index in [1.807, 2.05) is 29.5 Å². The van der Waals surface area contributed by atoms with E-state index < -0.39 is 0 Å². The van der Waals surface area contributed by atoms with Crippen LogP contribution in [-0.2, 0) is 17.8 Å². The third-order valence-electron chi connectivity index (χ3n) is 3.15. The zero-order valence-electron chi connectivity index (χ0n) is 12.3. The monoisotopic (exact) mass is 356 g/mol. The molecule has 0 bridgehead atoms. The minimum Gasteiger partial charge on any atom is -0.355 e. The molecule has 0 unspecified atom stereocenters. The van der Waals surface area contributed by atoms with Gasteiger partial charge < -0.3 is 5.32 Å². The number of halogens is 2. The number of hydrogen-bond acceptors (Lipinski definition) is 3. The van der Waals surface area contributed by atoms with Crippen molar-refractivity contribution in [3.63, 3.8) is 0 Å². The van der Waals surface area contributed by atoms with E-state index in [0.29, 0.717) is 29.6 Å². The van der Waals surface area contributed by atoms with Crippen molar-refractivity contribution in [1.29, 1.82) is 0 Å². The lowest BCUT2D eigenvalue weighted by atomic mass is 10.1. The number of benzene rings is 1. The van der Waals surface area contributed by atoms with Gasteiger partial charge >= 0.3 is 0 Å². The van der Waals surface area contributed by atoms with E-state index in [2.05, 4.69) is 11.4 Å². The van der Waals surface area contributed by atoms with Crippen molar-refractivity contribution in [2.45, 2.75) is 13.0 Å². The molecule has 0 saturated carbocycles. The average Bonchev–Trinajstić information content (AvgIpc) is 2.93. The summed E-state index contributed by atoms with van der Waals surface area (Å²) in [4.78, 5) is 15.2. The van der Waals surface area contributed by atoms with Crippen LogP contribution in [0.4, 0.5) is 0 Å². The van der Waals surface area contributed by atoms with Crippen molar-refractivity contribution in [3.8, 4) is 0 Å². The van der Waals surface area contributed by atoms with E-state index in [4.69, 9.17) is 23.2 Å². The predicted octanol–water partition coefficient (Wildman–Crippen LogP) is 3.85. The van der Waals surface area contributed by atoms with Crippen LogP contribution < -0.4 is 5.32 Å². The average molecular weight is 357 g/mol. The maximum absolute atomic E-state index is 11.9. The summed E-state index contributed by atoms with van der Waals surface area (Å²) in [5, 5.41) is 6.21. The van der Waals surface area contributed by atoms with Crippen LogP contribution in [0.3, 0.4) is 0 Å². The van der Waals surface area contributed by atoms with Gasteiger partial charge in [-0.1, -0.05) is 35.3 Å². The van der Waals surface area contributed by atoms with Crippen LogP contribution in [-0.4, -0.2) is 30.9 Å². The quantitative estimate of drug-likeness (QED) is 0.817. The van der Waals surface area contributed by atoms with E-state index in [-0.39, 0.29) is 5.91 Å². The molecule has 1 aromatic heterocycles. The number of rotatable bonds is 7. The lowest BCUT2D eigenvalue weighted by molar-refractivity contribution is -0.122. The van der Waals surface area contributed by atoms with Gasteiger partial charge in [0.05, 0.1) is 6.54 Å². The highest BCUT2D eigenvalue weighted by Crippen LogP contribution is 2.21. The Labute approximate surface area is 144 Å². The number of carbonyl (C=O) groups excluding carboxylic acids is 1. The second-order valence-corrected chi connectivity index (χ2v) is 6.96. The first-order valence-electron chi connectivity index (χ1n) is 6.96. The fraction of sp³-hybridized carbons (Fsp3) is 0.312. The number of nitrogens with one attached hydrogen (secondary N) is 1. The van der Waals surface area contributed by atoms with Gasteiger partial charge in [0.25, 0.3) is 0 Å². The molecule has 0 radical (unpaired) electrons. The number of amides is 1. The molecule has 3 nitrogen and oxygen atoms in total. The summed E-state index contributed by atoms with van der Waals surface area (Å²) in [6.07, 6.45) is 0.691. The van der Waals surface area contributed by atoms with Gasteiger partial charge in [-0.05, 0) is 42.6 Å². The second kappa shape index (κ2) is 8.53. The third-order valence-corrected chi connectivity index (χ3v) is 4.60. The Morgan fingerprint density at radius 1 is 1.32 bits per heavy atom. The number of nitrogens with zero attached hydrogens (tertiary/aromatic N) is 1. The Balaban J connectivity index is 1.71.